The summed E-state index contributed by atoms with van der Waals surface area (Å²) in [6, 6.07) is 12.1. The minimum absolute atomic E-state index is 0.00511. The van der Waals surface area contributed by atoms with Crippen LogP contribution in [0.2, 0.25) is 0 Å². The Hall–Kier alpha value is -2.96. The van der Waals surface area contributed by atoms with Gasteiger partial charge in [0.25, 0.3) is 0 Å². The fourth-order valence-corrected chi connectivity index (χ4v) is 2.76. The van der Waals surface area contributed by atoms with Crippen LogP contribution in [-0.4, -0.2) is 23.4 Å². The molecule has 2 aromatic carbocycles. The second kappa shape index (κ2) is 6.74. The molecule has 0 saturated carbocycles. The lowest BCUT2D eigenvalue weighted by Crippen LogP contribution is -2.40. The zero-order chi connectivity index (χ0) is 18.9. The van der Waals surface area contributed by atoms with Crippen LogP contribution in [-0.2, 0) is 11.4 Å². The molecule has 4 nitrogen and oxygen atoms in total. The van der Waals surface area contributed by atoms with Gasteiger partial charge in [-0.2, -0.15) is 13.2 Å². The third-order valence-corrected chi connectivity index (χ3v) is 3.85. The molecule has 0 radical (unpaired) electrons. The topological polar surface area (TPSA) is 55.8 Å². The monoisotopic (exact) mass is 364 g/mol. The van der Waals surface area contributed by atoms with Crippen molar-refractivity contribution in [3.05, 3.63) is 64.7 Å². The van der Waals surface area contributed by atoms with Gasteiger partial charge in [0, 0.05) is 11.1 Å². The highest BCUT2D eigenvalue weighted by Crippen LogP contribution is 2.40. The van der Waals surface area contributed by atoms with Gasteiger partial charge in [-0.1, -0.05) is 18.2 Å². The number of aliphatic carboxylic acids is 1. The maximum atomic E-state index is 13.2. The number of aryl methyl sites for hydroxylation is 1. The molecule has 0 aliphatic carbocycles. The molecule has 0 fully saturated rings. The molecular weight excluding hydrogens is 349 g/mol. The van der Waals surface area contributed by atoms with Gasteiger partial charge in [0.05, 0.1) is 5.57 Å². The third-order valence-electron chi connectivity index (χ3n) is 3.85. The van der Waals surface area contributed by atoms with E-state index in [4.69, 9.17) is 14.6 Å². The smallest absolute Gasteiger partial charge is 0.430 e. The second-order valence-electron chi connectivity index (χ2n) is 5.89. The first kappa shape index (κ1) is 17.8. The highest BCUT2D eigenvalue weighted by molar-refractivity contribution is 5.95. The van der Waals surface area contributed by atoms with Crippen LogP contribution in [0.3, 0.4) is 0 Å². The van der Waals surface area contributed by atoms with Crippen LogP contribution in [0.5, 0.6) is 11.5 Å². The third kappa shape index (κ3) is 3.66. The largest absolute Gasteiger partial charge is 0.489 e. The Kier molecular flexibility index (Phi) is 4.63. The molecule has 0 saturated heterocycles. The van der Waals surface area contributed by atoms with Crippen molar-refractivity contribution in [1.82, 2.24) is 0 Å². The highest BCUT2D eigenvalue weighted by Gasteiger charge is 2.48. The number of hydrogen-bond donors (Lipinski definition) is 1. The molecule has 1 N–H and O–H groups in total. The van der Waals surface area contributed by atoms with Crippen LogP contribution >= 0.6 is 0 Å². The highest BCUT2D eigenvalue weighted by atomic mass is 19.4. The molecule has 1 atom stereocenters. The molecule has 0 spiro atoms. The fraction of sp³-hybridized carbons (Fsp3) is 0.211. The van der Waals surface area contributed by atoms with E-state index in [2.05, 4.69) is 0 Å². The Morgan fingerprint density at radius 1 is 1.23 bits per heavy atom. The van der Waals surface area contributed by atoms with Gasteiger partial charge in [0.2, 0.25) is 6.10 Å². The van der Waals surface area contributed by atoms with Crippen LogP contribution in [0.25, 0.3) is 6.08 Å². The number of hydrogen-bond acceptors (Lipinski definition) is 3. The normalized spacial score (nSPS) is 16.3. The molecule has 1 unspecified atom stereocenters. The Labute approximate surface area is 147 Å². The molecule has 26 heavy (non-hydrogen) atoms. The SMILES string of the molecule is Cc1cc2c(c(COc3ccccc3)c1)OC(C(F)(F)F)C(C(=O)O)=C2. The van der Waals surface area contributed by atoms with Crippen molar-refractivity contribution in [2.24, 2.45) is 0 Å². The quantitative estimate of drug-likeness (QED) is 0.876. The Balaban J connectivity index is 1.99. The van der Waals surface area contributed by atoms with E-state index < -0.39 is 23.8 Å². The van der Waals surface area contributed by atoms with Crippen molar-refractivity contribution in [1.29, 1.82) is 0 Å². The van der Waals surface area contributed by atoms with E-state index in [9.17, 15) is 18.0 Å². The van der Waals surface area contributed by atoms with Crippen molar-refractivity contribution in [3.63, 3.8) is 0 Å². The summed E-state index contributed by atoms with van der Waals surface area (Å²) in [6.45, 7) is 1.76. The van der Waals surface area contributed by atoms with E-state index in [1.54, 1.807) is 43.3 Å². The Morgan fingerprint density at radius 3 is 2.54 bits per heavy atom. The lowest BCUT2D eigenvalue weighted by atomic mass is 9.97. The van der Waals surface area contributed by atoms with E-state index >= 15 is 0 Å². The van der Waals surface area contributed by atoms with E-state index in [1.165, 1.54) is 0 Å². The van der Waals surface area contributed by atoms with Crippen molar-refractivity contribution >= 4 is 12.0 Å². The van der Waals surface area contributed by atoms with Crippen molar-refractivity contribution in [3.8, 4) is 11.5 Å². The zero-order valence-electron chi connectivity index (χ0n) is 13.7. The molecule has 1 aliphatic rings. The Morgan fingerprint density at radius 2 is 1.92 bits per heavy atom. The van der Waals surface area contributed by atoms with Crippen LogP contribution in [0.1, 0.15) is 16.7 Å². The number of para-hydroxylation sites is 1. The summed E-state index contributed by atoms with van der Waals surface area (Å²) in [6.07, 6.45) is -6.35. The van der Waals surface area contributed by atoms with E-state index in [0.717, 1.165) is 11.6 Å². The summed E-state index contributed by atoms with van der Waals surface area (Å²) in [5.74, 6) is -1.12. The standard InChI is InChI=1S/C19H15F3O4/c1-11-7-12-9-15(18(23)24)17(19(20,21)22)26-16(12)13(8-11)10-25-14-5-3-2-4-6-14/h2-9,17H,10H2,1H3,(H,23,24). The van der Waals surface area contributed by atoms with Gasteiger partial charge in [0.1, 0.15) is 18.1 Å². The Bertz CT molecular complexity index is 857. The fourth-order valence-electron chi connectivity index (χ4n) is 2.76. The van der Waals surface area contributed by atoms with Gasteiger partial charge >= 0.3 is 12.1 Å². The molecular formula is C19H15F3O4. The van der Waals surface area contributed by atoms with Crippen LogP contribution < -0.4 is 9.47 Å². The summed E-state index contributed by atoms with van der Waals surface area (Å²) >= 11 is 0. The summed E-state index contributed by atoms with van der Waals surface area (Å²) in [5, 5.41) is 9.12. The van der Waals surface area contributed by atoms with Gasteiger partial charge in [-0.25, -0.2) is 4.79 Å². The molecule has 0 bridgehead atoms. The van der Waals surface area contributed by atoms with Gasteiger partial charge in [-0.05, 0) is 42.8 Å². The van der Waals surface area contributed by atoms with Crippen molar-refractivity contribution < 1.29 is 32.5 Å². The van der Waals surface area contributed by atoms with Crippen LogP contribution in [0, 0.1) is 6.92 Å². The maximum Gasteiger partial charge on any atom is 0.430 e. The zero-order valence-corrected chi connectivity index (χ0v) is 13.7. The van der Waals surface area contributed by atoms with Crippen LogP contribution in [0.4, 0.5) is 13.2 Å². The van der Waals surface area contributed by atoms with Gasteiger partial charge < -0.3 is 14.6 Å². The second-order valence-corrected chi connectivity index (χ2v) is 5.89. The molecule has 3 rings (SSSR count). The number of benzene rings is 2. The molecule has 0 amide bonds. The van der Waals surface area contributed by atoms with Crippen molar-refractivity contribution in [2.75, 3.05) is 0 Å². The summed E-state index contributed by atoms with van der Waals surface area (Å²) in [5.41, 5.74) is 0.615. The van der Waals surface area contributed by atoms with E-state index in [1.807, 2.05) is 6.07 Å². The summed E-state index contributed by atoms with van der Waals surface area (Å²) < 4.78 is 50.4. The molecule has 2 aromatic rings. The molecule has 0 aromatic heterocycles. The number of halogens is 3. The summed E-state index contributed by atoms with van der Waals surface area (Å²) in [4.78, 5) is 11.2. The number of ether oxygens (including phenoxy) is 2. The number of carboxylic acid groups (broad SMARTS) is 1. The summed E-state index contributed by atoms with van der Waals surface area (Å²) in [7, 11) is 0. The number of alkyl halides is 3. The van der Waals surface area contributed by atoms with Gasteiger partial charge in [0.15, 0.2) is 0 Å². The molecule has 7 heteroatoms. The van der Waals surface area contributed by atoms with E-state index in [-0.39, 0.29) is 17.9 Å². The first-order chi connectivity index (χ1) is 12.3. The average molecular weight is 364 g/mol. The molecule has 1 aliphatic heterocycles. The molecule has 136 valence electrons. The predicted molar refractivity (Wildman–Crippen MR) is 88.0 cm³/mol. The predicted octanol–water partition coefficient (Wildman–Crippen LogP) is 4.37. The lowest BCUT2D eigenvalue weighted by Gasteiger charge is -2.28. The number of rotatable bonds is 4. The van der Waals surface area contributed by atoms with Crippen molar-refractivity contribution in [2.45, 2.75) is 25.8 Å². The lowest BCUT2D eigenvalue weighted by molar-refractivity contribution is -0.187. The maximum absolute atomic E-state index is 13.2. The van der Waals surface area contributed by atoms with Gasteiger partial charge in [-0.3, -0.25) is 0 Å². The van der Waals surface area contributed by atoms with Crippen LogP contribution in [0.15, 0.2) is 48.0 Å². The first-order valence-electron chi connectivity index (χ1n) is 7.75. The minimum atomic E-state index is -4.84. The van der Waals surface area contributed by atoms with Gasteiger partial charge in [-0.15, -0.1) is 0 Å². The first-order valence-corrected chi connectivity index (χ1v) is 7.75. The minimum Gasteiger partial charge on any atom is -0.489 e. The number of carboxylic acids is 1. The molecule has 1 heterocycles. The number of carbonyl (C=O) groups is 1. The van der Waals surface area contributed by atoms with E-state index in [0.29, 0.717) is 11.3 Å². The average Bonchev–Trinajstić information content (AvgIpc) is 2.58. The number of fused-ring (bicyclic) bond motifs is 1.